The molecule has 1 fully saturated rings. The summed E-state index contributed by atoms with van der Waals surface area (Å²) in [7, 11) is 0. The summed E-state index contributed by atoms with van der Waals surface area (Å²) in [6, 6.07) is 3.37. The Hall–Kier alpha value is -1.35. The van der Waals surface area contributed by atoms with E-state index in [1.165, 1.54) is 12.1 Å². The summed E-state index contributed by atoms with van der Waals surface area (Å²) in [5, 5.41) is 28.1. The van der Waals surface area contributed by atoms with Crippen LogP contribution in [0.1, 0.15) is 16.8 Å². The molecule has 2 atom stereocenters. The third-order valence-corrected chi connectivity index (χ3v) is 3.93. The molecule has 1 saturated heterocycles. The second-order valence-corrected chi connectivity index (χ2v) is 5.53. The van der Waals surface area contributed by atoms with E-state index in [0.29, 0.717) is 3.57 Å². The minimum atomic E-state index is -1.14. The van der Waals surface area contributed by atoms with Crippen LogP contribution in [0.25, 0.3) is 0 Å². The fourth-order valence-corrected chi connectivity index (χ4v) is 2.42. The number of nitrogens with zero attached hydrogens (tertiary/aromatic N) is 1. The van der Waals surface area contributed by atoms with Crippen LogP contribution in [0, 0.1) is 3.57 Å². The number of halogens is 1. The van der Waals surface area contributed by atoms with Crippen LogP contribution in [0.4, 0.5) is 0 Å². The maximum atomic E-state index is 12.2. The molecule has 1 heterocycles. The van der Waals surface area contributed by atoms with Crippen molar-refractivity contribution in [2.75, 3.05) is 6.54 Å². The lowest BCUT2D eigenvalue weighted by molar-refractivity contribution is -0.141. The van der Waals surface area contributed by atoms with E-state index in [2.05, 4.69) is 0 Å². The number of likely N-dealkylation sites (tertiary alicyclic amines) is 1. The van der Waals surface area contributed by atoms with Gasteiger partial charge in [-0.15, -0.1) is 0 Å². The Kier molecular flexibility index (Phi) is 3.95. The fourth-order valence-electron chi connectivity index (χ4n) is 2.08. The van der Waals surface area contributed by atoms with Crippen molar-refractivity contribution in [3.8, 4) is 5.75 Å². The Labute approximate surface area is 122 Å². The molecule has 2 unspecified atom stereocenters. The number of carboxylic acids is 1. The SMILES string of the molecule is O=C(O)C1CC(O)CN1C(=O)c1ccc(I)c(O)c1. The monoisotopic (exact) mass is 377 g/mol. The van der Waals surface area contributed by atoms with E-state index in [4.69, 9.17) is 5.11 Å². The van der Waals surface area contributed by atoms with Crippen molar-refractivity contribution in [3.63, 3.8) is 0 Å². The van der Waals surface area contributed by atoms with E-state index in [-0.39, 0.29) is 24.3 Å². The van der Waals surface area contributed by atoms with E-state index in [0.717, 1.165) is 4.90 Å². The lowest BCUT2D eigenvalue weighted by atomic mass is 10.1. The zero-order valence-corrected chi connectivity index (χ0v) is 11.9. The van der Waals surface area contributed by atoms with Gasteiger partial charge in [-0.1, -0.05) is 0 Å². The maximum Gasteiger partial charge on any atom is 0.326 e. The molecule has 0 bridgehead atoms. The van der Waals surface area contributed by atoms with E-state index >= 15 is 0 Å². The molecule has 102 valence electrons. The summed E-state index contributed by atoms with van der Waals surface area (Å²) in [6.45, 7) is -0.0114. The Bertz CT molecular complexity index is 533. The Morgan fingerprint density at radius 1 is 1.37 bits per heavy atom. The summed E-state index contributed by atoms with van der Waals surface area (Å²) in [5.41, 5.74) is 0.207. The first kappa shape index (κ1) is 14.1. The number of carbonyl (C=O) groups excluding carboxylic acids is 1. The Morgan fingerprint density at radius 3 is 2.63 bits per heavy atom. The van der Waals surface area contributed by atoms with Gasteiger partial charge in [0.15, 0.2) is 0 Å². The fraction of sp³-hybridized carbons (Fsp3) is 0.333. The number of benzene rings is 1. The first-order valence-corrected chi connectivity index (χ1v) is 6.68. The molecule has 1 aliphatic heterocycles. The standard InChI is InChI=1S/C12H12INO5/c13-8-2-1-6(3-10(8)16)11(17)14-5-7(15)4-9(14)12(18)19/h1-3,7,9,15-16H,4-5H2,(H,18,19). The van der Waals surface area contributed by atoms with Gasteiger partial charge < -0.3 is 20.2 Å². The highest BCUT2D eigenvalue weighted by atomic mass is 127. The molecule has 6 nitrogen and oxygen atoms in total. The molecule has 7 heteroatoms. The van der Waals surface area contributed by atoms with Crippen LogP contribution in [0.2, 0.25) is 0 Å². The highest BCUT2D eigenvalue weighted by Crippen LogP contribution is 2.25. The smallest absolute Gasteiger partial charge is 0.326 e. The molecular formula is C12H12INO5. The van der Waals surface area contributed by atoms with Crippen LogP contribution in [0.3, 0.4) is 0 Å². The van der Waals surface area contributed by atoms with Crippen LogP contribution < -0.4 is 0 Å². The number of amides is 1. The van der Waals surface area contributed by atoms with Crippen molar-refractivity contribution >= 4 is 34.5 Å². The van der Waals surface area contributed by atoms with Crippen LogP contribution in [0.5, 0.6) is 5.75 Å². The quantitative estimate of drug-likeness (QED) is 0.658. The summed E-state index contributed by atoms with van der Waals surface area (Å²) in [6.07, 6.45) is -0.806. The maximum absolute atomic E-state index is 12.2. The zero-order valence-electron chi connectivity index (χ0n) is 9.78. The van der Waals surface area contributed by atoms with Gasteiger partial charge >= 0.3 is 5.97 Å². The number of phenols is 1. The molecule has 1 amide bonds. The number of β-amino-alcohol motifs (C(OH)–C–C–N with tert-alkyl or cyclic N) is 1. The van der Waals surface area contributed by atoms with Gasteiger partial charge in [-0.25, -0.2) is 4.79 Å². The highest BCUT2D eigenvalue weighted by molar-refractivity contribution is 14.1. The van der Waals surface area contributed by atoms with Crippen LogP contribution in [-0.4, -0.2) is 50.8 Å². The van der Waals surface area contributed by atoms with Gasteiger partial charge in [-0.3, -0.25) is 4.79 Å². The van der Waals surface area contributed by atoms with Gasteiger partial charge in [0.25, 0.3) is 5.91 Å². The van der Waals surface area contributed by atoms with Crippen molar-refractivity contribution in [2.24, 2.45) is 0 Å². The van der Waals surface area contributed by atoms with Crippen molar-refractivity contribution < 1.29 is 24.9 Å². The number of carboxylic acid groups (broad SMARTS) is 1. The number of aromatic hydroxyl groups is 1. The Morgan fingerprint density at radius 2 is 2.05 bits per heavy atom. The number of aliphatic hydroxyl groups excluding tert-OH is 1. The molecule has 2 rings (SSSR count). The summed E-state index contributed by atoms with van der Waals surface area (Å²) in [4.78, 5) is 24.4. The number of rotatable bonds is 2. The summed E-state index contributed by atoms with van der Waals surface area (Å²) in [5.74, 6) is -1.67. The number of hydrogen-bond donors (Lipinski definition) is 3. The minimum absolute atomic E-state index is 0.0114. The number of carbonyl (C=O) groups is 2. The van der Waals surface area contributed by atoms with Crippen molar-refractivity contribution in [1.82, 2.24) is 4.90 Å². The van der Waals surface area contributed by atoms with Crippen LogP contribution in [0.15, 0.2) is 18.2 Å². The molecule has 0 spiro atoms. The lowest BCUT2D eigenvalue weighted by Crippen LogP contribution is -2.40. The zero-order chi connectivity index (χ0) is 14.2. The summed E-state index contributed by atoms with van der Waals surface area (Å²) < 4.78 is 0.602. The molecule has 0 radical (unpaired) electrons. The predicted octanol–water partition coefficient (Wildman–Crippen LogP) is 0.657. The highest BCUT2D eigenvalue weighted by Gasteiger charge is 2.39. The van der Waals surface area contributed by atoms with E-state index in [1.54, 1.807) is 6.07 Å². The third-order valence-electron chi connectivity index (χ3n) is 3.02. The van der Waals surface area contributed by atoms with Crippen LogP contribution in [-0.2, 0) is 4.79 Å². The number of aliphatic hydroxyl groups is 1. The molecular weight excluding hydrogens is 365 g/mol. The van der Waals surface area contributed by atoms with E-state index < -0.39 is 24.0 Å². The topological polar surface area (TPSA) is 98.1 Å². The molecule has 0 aromatic heterocycles. The van der Waals surface area contributed by atoms with Gasteiger partial charge in [0.05, 0.1) is 9.67 Å². The summed E-state index contributed by atoms with van der Waals surface area (Å²) >= 11 is 1.92. The van der Waals surface area contributed by atoms with Gasteiger partial charge in [-0.2, -0.15) is 0 Å². The minimum Gasteiger partial charge on any atom is -0.507 e. The molecule has 0 aliphatic carbocycles. The predicted molar refractivity (Wildman–Crippen MR) is 73.9 cm³/mol. The van der Waals surface area contributed by atoms with Gasteiger partial charge in [0, 0.05) is 18.5 Å². The van der Waals surface area contributed by atoms with E-state index in [9.17, 15) is 19.8 Å². The number of aliphatic carboxylic acids is 1. The molecule has 19 heavy (non-hydrogen) atoms. The van der Waals surface area contributed by atoms with Crippen molar-refractivity contribution in [3.05, 3.63) is 27.3 Å². The second kappa shape index (κ2) is 5.33. The average molecular weight is 377 g/mol. The van der Waals surface area contributed by atoms with Gasteiger partial charge in [0.2, 0.25) is 0 Å². The molecule has 3 N–H and O–H groups in total. The van der Waals surface area contributed by atoms with Crippen molar-refractivity contribution in [1.29, 1.82) is 0 Å². The molecule has 1 aliphatic rings. The lowest BCUT2D eigenvalue weighted by Gasteiger charge is -2.21. The third kappa shape index (κ3) is 2.81. The molecule has 1 aromatic carbocycles. The molecule has 0 saturated carbocycles. The largest absolute Gasteiger partial charge is 0.507 e. The first-order chi connectivity index (χ1) is 8.90. The first-order valence-electron chi connectivity index (χ1n) is 5.60. The van der Waals surface area contributed by atoms with Crippen LogP contribution >= 0.6 is 22.6 Å². The molecule has 1 aromatic rings. The van der Waals surface area contributed by atoms with E-state index in [1.807, 2.05) is 22.6 Å². The number of phenolic OH excluding ortho intramolecular Hbond substituents is 1. The average Bonchev–Trinajstić information content (AvgIpc) is 2.74. The van der Waals surface area contributed by atoms with Crippen molar-refractivity contribution in [2.45, 2.75) is 18.6 Å². The van der Waals surface area contributed by atoms with Gasteiger partial charge in [-0.05, 0) is 40.8 Å². The normalized spacial score (nSPS) is 22.5. The number of hydrogen-bond acceptors (Lipinski definition) is 4. The second-order valence-electron chi connectivity index (χ2n) is 4.37. The Balaban J connectivity index is 2.27. The van der Waals surface area contributed by atoms with Gasteiger partial charge in [0.1, 0.15) is 11.8 Å².